The van der Waals surface area contributed by atoms with Crippen LogP contribution in [0.3, 0.4) is 0 Å². The molecular weight excluding hydrogens is 330 g/mol. The summed E-state index contributed by atoms with van der Waals surface area (Å²) in [5.74, 6) is -0.274. The molecule has 1 heterocycles. The van der Waals surface area contributed by atoms with Gasteiger partial charge in [0.25, 0.3) is 5.91 Å². The van der Waals surface area contributed by atoms with E-state index in [9.17, 15) is 14.4 Å². The minimum atomic E-state index is -0.860. The lowest BCUT2D eigenvalue weighted by atomic mass is 9.77. The summed E-state index contributed by atoms with van der Waals surface area (Å²) < 4.78 is 0. The van der Waals surface area contributed by atoms with Gasteiger partial charge in [-0.1, -0.05) is 36.7 Å². The number of halogens is 1. The number of hydrogen-bond donors (Lipinski definition) is 2. The summed E-state index contributed by atoms with van der Waals surface area (Å²) in [6.45, 7) is 2.14. The van der Waals surface area contributed by atoms with Crippen LogP contribution in [0.4, 0.5) is 4.79 Å². The molecule has 3 rings (SSSR count). The zero-order valence-electron chi connectivity index (χ0n) is 13.5. The Balaban J connectivity index is 1.67. The zero-order valence-corrected chi connectivity index (χ0v) is 14.2. The Hall–Kier alpha value is -2.08. The minimum absolute atomic E-state index is 0.000761. The molecule has 128 valence electrons. The third-order valence-electron chi connectivity index (χ3n) is 4.83. The third-order valence-corrected chi connectivity index (χ3v) is 5.20. The minimum Gasteiger partial charge on any atom is -0.322 e. The molecule has 4 amide bonds. The Morgan fingerprint density at radius 2 is 2.00 bits per heavy atom. The number of carbonyl (C=O) groups is 3. The highest BCUT2D eigenvalue weighted by molar-refractivity contribution is 6.31. The lowest BCUT2D eigenvalue weighted by Crippen LogP contribution is -2.51. The molecule has 1 saturated heterocycles. The summed E-state index contributed by atoms with van der Waals surface area (Å²) in [4.78, 5) is 37.0. The van der Waals surface area contributed by atoms with Crippen LogP contribution in [-0.2, 0) is 16.0 Å². The SMILES string of the molecule is CC1CCC2(CC1)NC(=O)N(NC(=O)Cc1ccccc1Cl)C2=O. The average molecular weight is 350 g/mol. The van der Waals surface area contributed by atoms with Gasteiger partial charge in [-0.3, -0.25) is 15.0 Å². The average Bonchev–Trinajstić information content (AvgIpc) is 2.77. The molecule has 0 radical (unpaired) electrons. The first-order chi connectivity index (χ1) is 11.4. The van der Waals surface area contributed by atoms with Crippen LogP contribution in [-0.4, -0.2) is 28.4 Å². The van der Waals surface area contributed by atoms with Crippen LogP contribution in [0.25, 0.3) is 0 Å². The number of amides is 4. The maximum Gasteiger partial charge on any atom is 0.344 e. The maximum absolute atomic E-state index is 12.7. The molecule has 1 aromatic rings. The van der Waals surface area contributed by atoms with Crippen molar-refractivity contribution in [1.82, 2.24) is 15.8 Å². The van der Waals surface area contributed by atoms with Crippen LogP contribution in [0.2, 0.25) is 5.02 Å². The Kier molecular flexibility index (Phi) is 4.49. The second-order valence-corrected chi connectivity index (χ2v) is 7.05. The van der Waals surface area contributed by atoms with E-state index < -0.39 is 17.5 Å². The van der Waals surface area contributed by atoms with Crippen molar-refractivity contribution in [1.29, 1.82) is 0 Å². The molecule has 2 aliphatic rings. The maximum atomic E-state index is 12.7. The van der Waals surface area contributed by atoms with Crippen LogP contribution < -0.4 is 10.7 Å². The van der Waals surface area contributed by atoms with E-state index in [4.69, 9.17) is 11.6 Å². The highest BCUT2D eigenvalue weighted by Gasteiger charge is 2.52. The number of urea groups is 1. The summed E-state index contributed by atoms with van der Waals surface area (Å²) in [7, 11) is 0. The molecule has 1 aliphatic heterocycles. The molecule has 7 heteroatoms. The Bertz CT molecular complexity index is 683. The molecule has 24 heavy (non-hydrogen) atoms. The number of benzene rings is 1. The number of imide groups is 1. The molecule has 2 fully saturated rings. The third kappa shape index (κ3) is 3.11. The van der Waals surface area contributed by atoms with Gasteiger partial charge in [0, 0.05) is 5.02 Å². The van der Waals surface area contributed by atoms with E-state index in [0.29, 0.717) is 29.3 Å². The quantitative estimate of drug-likeness (QED) is 0.822. The summed E-state index contributed by atoms with van der Waals surface area (Å²) >= 11 is 6.03. The van der Waals surface area contributed by atoms with Crippen LogP contribution in [0.15, 0.2) is 24.3 Å². The second-order valence-electron chi connectivity index (χ2n) is 6.64. The Morgan fingerprint density at radius 1 is 1.33 bits per heavy atom. The predicted octanol–water partition coefficient (Wildman–Crippen LogP) is 2.41. The van der Waals surface area contributed by atoms with E-state index in [2.05, 4.69) is 17.7 Å². The van der Waals surface area contributed by atoms with Gasteiger partial charge in [-0.15, -0.1) is 0 Å². The normalized spacial score (nSPS) is 26.6. The van der Waals surface area contributed by atoms with Crippen LogP contribution in [0.5, 0.6) is 0 Å². The molecule has 1 spiro atoms. The number of nitrogens with zero attached hydrogens (tertiary/aromatic N) is 1. The van der Waals surface area contributed by atoms with Gasteiger partial charge >= 0.3 is 6.03 Å². The van der Waals surface area contributed by atoms with E-state index in [1.54, 1.807) is 24.3 Å². The molecule has 2 N–H and O–H groups in total. The van der Waals surface area contributed by atoms with Gasteiger partial charge in [-0.2, -0.15) is 5.01 Å². The van der Waals surface area contributed by atoms with E-state index >= 15 is 0 Å². The second kappa shape index (κ2) is 6.43. The number of hydrogen-bond acceptors (Lipinski definition) is 3. The van der Waals surface area contributed by atoms with Crippen molar-refractivity contribution in [2.45, 2.75) is 44.6 Å². The number of nitrogens with one attached hydrogen (secondary N) is 2. The van der Waals surface area contributed by atoms with E-state index in [0.717, 1.165) is 17.9 Å². The highest BCUT2D eigenvalue weighted by Crippen LogP contribution is 2.35. The number of hydrazine groups is 1. The van der Waals surface area contributed by atoms with Gasteiger partial charge in [0.1, 0.15) is 5.54 Å². The lowest BCUT2D eigenvalue weighted by Gasteiger charge is -2.33. The first-order valence-corrected chi connectivity index (χ1v) is 8.49. The Morgan fingerprint density at radius 3 is 2.67 bits per heavy atom. The largest absolute Gasteiger partial charge is 0.344 e. The van der Waals surface area contributed by atoms with Crippen molar-refractivity contribution in [2.24, 2.45) is 5.92 Å². The zero-order chi connectivity index (χ0) is 17.3. The van der Waals surface area contributed by atoms with Crippen molar-refractivity contribution in [3.63, 3.8) is 0 Å². The topological polar surface area (TPSA) is 78.5 Å². The molecule has 0 unspecified atom stereocenters. The molecule has 1 saturated carbocycles. The van der Waals surface area contributed by atoms with Gasteiger partial charge < -0.3 is 5.32 Å². The van der Waals surface area contributed by atoms with Crippen LogP contribution >= 0.6 is 11.6 Å². The fourth-order valence-corrected chi connectivity index (χ4v) is 3.50. The van der Waals surface area contributed by atoms with Gasteiger partial charge in [0.2, 0.25) is 5.91 Å². The van der Waals surface area contributed by atoms with Crippen molar-refractivity contribution < 1.29 is 14.4 Å². The van der Waals surface area contributed by atoms with Crippen molar-refractivity contribution in [3.8, 4) is 0 Å². The monoisotopic (exact) mass is 349 g/mol. The predicted molar refractivity (Wildman–Crippen MR) is 89.0 cm³/mol. The fraction of sp³-hybridized carbons (Fsp3) is 0.471. The summed E-state index contributed by atoms with van der Waals surface area (Å²) in [5.41, 5.74) is 2.19. The first-order valence-electron chi connectivity index (χ1n) is 8.11. The summed E-state index contributed by atoms with van der Waals surface area (Å²) in [6, 6.07) is 6.41. The van der Waals surface area contributed by atoms with Crippen molar-refractivity contribution in [2.75, 3.05) is 0 Å². The molecule has 1 aromatic carbocycles. The standard InChI is InChI=1S/C17H20ClN3O3/c1-11-6-8-17(9-7-11)15(23)21(16(24)19-17)20-14(22)10-12-4-2-3-5-13(12)18/h2-5,11H,6-10H2,1H3,(H,19,24)(H,20,22). The van der Waals surface area contributed by atoms with Gasteiger partial charge in [-0.05, 0) is 43.2 Å². The van der Waals surface area contributed by atoms with Gasteiger partial charge in [-0.25, -0.2) is 4.79 Å². The highest BCUT2D eigenvalue weighted by atomic mass is 35.5. The molecular formula is C17H20ClN3O3. The van der Waals surface area contributed by atoms with E-state index in [1.807, 2.05) is 0 Å². The molecule has 1 aliphatic carbocycles. The summed E-state index contributed by atoms with van der Waals surface area (Å²) in [5, 5.41) is 4.06. The molecule has 6 nitrogen and oxygen atoms in total. The Labute approximate surface area is 145 Å². The summed E-state index contributed by atoms with van der Waals surface area (Å²) in [6.07, 6.45) is 2.98. The van der Waals surface area contributed by atoms with Crippen LogP contribution in [0.1, 0.15) is 38.2 Å². The van der Waals surface area contributed by atoms with Crippen molar-refractivity contribution in [3.05, 3.63) is 34.9 Å². The van der Waals surface area contributed by atoms with E-state index in [-0.39, 0.29) is 12.3 Å². The fourth-order valence-electron chi connectivity index (χ4n) is 3.29. The van der Waals surface area contributed by atoms with Crippen LogP contribution in [0, 0.1) is 5.92 Å². The number of rotatable bonds is 3. The van der Waals surface area contributed by atoms with Gasteiger partial charge in [0.15, 0.2) is 0 Å². The molecule has 0 aromatic heterocycles. The smallest absolute Gasteiger partial charge is 0.322 e. The van der Waals surface area contributed by atoms with E-state index in [1.165, 1.54) is 0 Å². The molecule has 0 bridgehead atoms. The number of carbonyl (C=O) groups excluding carboxylic acids is 3. The first kappa shape index (κ1) is 16.8. The van der Waals surface area contributed by atoms with Crippen molar-refractivity contribution >= 4 is 29.4 Å². The lowest BCUT2D eigenvalue weighted by molar-refractivity contribution is -0.139. The van der Waals surface area contributed by atoms with Gasteiger partial charge in [0.05, 0.1) is 6.42 Å². The molecule has 0 atom stereocenters.